The summed E-state index contributed by atoms with van der Waals surface area (Å²) in [6.07, 6.45) is 4.70. The largest absolute Gasteiger partial charge is 0.320 e. The molecule has 2 aromatic carbocycles. The first-order valence-corrected chi connectivity index (χ1v) is 12.7. The minimum atomic E-state index is -0.504. The van der Waals surface area contributed by atoms with Crippen LogP contribution in [0.4, 0.5) is 10.1 Å². The predicted molar refractivity (Wildman–Crippen MR) is 152 cm³/mol. The Hall–Kier alpha value is -5.02. The van der Waals surface area contributed by atoms with Gasteiger partial charge in [0.15, 0.2) is 5.78 Å². The van der Waals surface area contributed by atoms with E-state index in [4.69, 9.17) is 0 Å². The summed E-state index contributed by atoms with van der Waals surface area (Å²) >= 11 is 0. The number of aromatic nitrogens is 3. The molecule has 0 unspecified atom stereocenters. The van der Waals surface area contributed by atoms with E-state index in [2.05, 4.69) is 20.6 Å². The molecule has 3 aromatic heterocycles. The van der Waals surface area contributed by atoms with Gasteiger partial charge in [-0.15, -0.1) is 0 Å². The van der Waals surface area contributed by atoms with Crippen LogP contribution in [-0.2, 0) is 11.3 Å². The zero-order valence-corrected chi connectivity index (χ0v) is 21.9. The molecule has 8 nitrogen and oxygen atoms in total. The molecule has 0 fully saturated rings. The van der Waals surface area contributed by atoms with Crippen molar-refractivity contribution in [2.75, 3.05) is 12.4 Å². The lowest BCUT2D eigenvalue weighted by atomic mass is 10.0. The molecule has 40 heavy (non-hydrogen) atoms. The number of pyridine rings is 3. The molecule has 0 aliphatic rings. The second-order valence-electron chi connectivity index (χ2n) is 9.36. The highest BCUT2D eigenvalue weighted by atomic mass is 19.1. The average Bonchev–Trinajstić information content (AvgIpc) is 2.98. The van der Waals surface area contributed by atoms with Crippen LogP contribution in [0.2, 0.25) is 0 Å². The number of para-hydroxylation sites is 1. The van der Waals surface area contributed by atoms with Crippen LogP contribution in [0.3, 0.4) is 0 Å². The van der Waals surface area contributed by atoms with E-state index in [1.807, 2.05) is 30.3 Å². The molecule has 3 heterocycles. The van der Waals surface area contributed by atoms with E-state index < -0.39 is 17.4 Å². The van der Waals surface area contributed by atoms with E-state index >= 15 is 0 Å². The summed E-state index contributed by atoms with van der Waals surface area (Å²) in [7, 11) is 1.66. The molecule has 2 N–H and O–H groups in total. The summed E-state index contributed by atoms with van der Waals surface area (Å²) in [6.45, 7) is 1.77. The number of halogens is 1. The Balaban J connectivity index is 1.57. The van der Waals surface area contributed by atoms with Gasteiger partial charge in [0.05, 0.1) is 23.8 Å². The molecule has 9 heteroatoms. The van der Waals surface area contributed by atoms with E-state index in [1.54, 1.807) is 44.6 Å². The average molecular weight is 536 g/mol. The molecule has 0 saturated carbocycles. The number of benzene rings is 2. The summed E-state index contributed by atoms with van der Waals surface area (Å²) in [5, 5.41) is 6.47. The number of carbonyl (C=O) groups excluding carboxylic acids is 2. The van der Waals surface area contributed by atoms with Crippen molar-refractivity contribution >= 4 is 28.3 Å². The number of hydrogen-bond acceptors (Lipinski definition) is 6. The molecule has 1 atom stereocenters. The fourth-order valence-corrected chi connectivity index (χ4v) is 4.31. The van der Waals surface area contributed by atoms with Gasteiger partial charge < -0.3 is 15.2 Å². The maximum atomic E-state index is 13.7. The number of anilines is 1. The minimum Gasteiger partial charge on any atom is -0.320 e. The summed E-state index contributed by atoms with van der Waals surface area (Å²) in [6, 6.07) is 19.4. The summed E-state index contributed by atoms with van der Waals surface area (Å²) in [5.41, 5.74) is 3.04. The Labute approximate surface area is 229 Å². The van der Waals surface area contributed by atoms with Gasteiger partial charge >= 0.3 is 0 Å². The maximum absolute atomic E-state index is 13.7. The Morgan fingerprint density at radius 1 is 0.950 bits per heavy atom. The molecule has 0 saturated heterocycles. The van der Waals surface area contributed by atoms with Gasteiger partial charge in [-0.1, -0.05) is 18.2 Å². The van der Waals surface area contributed by atoms with Crippen LogP contribution in [0.5, 0.6) is 0 Å². The van der Waals surface area contributed by atoms with E-state index in [1.165, 1.54) is 35.0 Å². The van der Waals surface area contributed by atoms with Gasteiger partial charge in [-0.05, 0) is 74.1 Å². The van der Waals surface area contributed by atoms with Gasteiger partial charge in [0, 0.05) is 40.7 Å². The van der Waals surface area contributed by atoms with Crippen molar-refractivity contribution in [2.24, 2.45) is 0 Å². The SMILES string of the molecule is CN[C@@H](C)C(=O)Nc1ccc(-c2cnc3ccccc3c2)n(Cc2cncc(C(=O)c3ccc(F)cc3)c2)c1=O. The number of carbonyl (C=O) groups is 2. The fraction of sp³-hybridized carbons (Fsp3) is 0.129. The van der Waals surface area contributed by atoms with Crippen LogP contribution in [0.25, 0.3) is 22.2 Å². The van der Waals surface area contributed by atoms with Crippen molar-refractivity contribution in [3.8, 4) is 11.3 Å². The molecule has 0 bridgehead atoms. The first-order valence-electron chi connectivity index (χ1n) is 12.7. The van der Waals surface area contributed by atoms with Crippen LogP contribution in [0, 0.1) is 5.82 Å². The van der Waals surface area contributed by atoms with Crippen molar-refractivity contribution < 1.29 is 14.0 Å². The summed E-state index contributed by atoms with van der Waals surface area (Å²) in [4.78, 5) is 48.1. The lowest BCUT2D eigenvalue weighted by Gasteiger charge is -2.17. The van der Waals surface area contributed by atoms with Crippen molar-refractivity contribution in [3.05, 3.63) is 124 Å². The van der Waals surface area contributed by atoms with Crippen molar-refractivity contribution in [1.29, 1.82) is 0 Å². The Morgan fingerprint density at radius 3 is 2.50 bits per heavy atom. The van der Waals surface area contributed by atoms with E-state index in [-0.39, 0.29) is 23.9 Å². The van der Waals surface area contributed by atoms with Gasteiger partial charge in [0.2, 0.25) is 5.91 Å². The Morgan fingerprint density at radius 2 is 1.73 bits per heavy atom. The van der Waals surface area contributed by atoms with Gasteiger partial charge in [-0.2, -0.15) is 0 Å². The Kier molecular flexibility index (Phi) is 7.56. The number of fused-ring (bicyclic) bond motifs is 1. The normalized spacial score (nSPS) is 11.8. The molecule has 0 radical (unpaired) electrons. The molecule has 0 spiro atoms. The van der Waals surface area contributed by atoms with Crippen LogP contribution in [-0.4, -0.2) is 39.3 Å². The van der Waals surface area contributed by atoms with Crippen LogP contribution in [0.15, 0.2) is 96.2 Å². The molecule has 5 aromatic rings. The highest BCUT2D eigenvalue weighted by molar-refractivity contribution is 6.08. The Bertz CT molecular complexity index is 1780. The second-order valence-corrected chi connectivity index (χ2v) is 9.36. The third-order valence-corrected chi connectivity index (χ3v) is 6.65. The highest BCUT2D eigenvalue weighted by Gasteiger charge is 2.17. The standard InChI is InChI=1S/C31H26FN5O3/c1-19(33-2)30(39)36-27-11-12-28(23-14-22-5-3-4-6-26(22)35-17-23)37(31(27)40)18-20-13-24(16-34-15-20)29(38)21-7-9-25(32)10-8-21/h3-17,19,33H,18H2,1-2H3,(H,36,39)/t19-/m0/s1. The lowest BCUT2D eigenvalue weighted by Crippen LogP contribution is -2.37. The first kappa shape index (κ1) is 26.6. The van der Waals surface area contributed by atoms with E-state index in [0.717, 1.165) is 10.9 Å². The maximum Gasteiger partial charge on any atom is 0.275 e. The summed E-state index contributed by atoms with van der Waals surface area (Å²) in [5.74, 6) is -1.10. The van der Waals surface area contributed by atoms with Crippen molar-refractivity contribution in [2.45, 2.75) is 19.5 Å². The van der Waals surface area contributed by atoms with Crippen molar-refractivity contribution in [1.82, 2.24) is 19.9 Å². The zero-order chi connectivity index (χ0) is 28.2. The lowest BCUT2D eigenvalue weighted by molar-refractivity contribution is -0.117. The number of likely N-dealkylation sites (N-methyl/N-ethyl adjacent to an activating group) is 1. The van der Waals surface area contributed by atoms with Crippen molar-refractivity contribution in [3.63, 3.8) is 0 Å². The number of amides is 1. The van der Waals surface area contributed by atoms with Gasteiger partial charge in [0.25, 0.3) is 5.56 Å². The molecule has 200 valence electrons. The van der Waals surface area contributed by atoms with Gasteiger partial charge in [-0.3, -0.25) is 24.4 Å². The fourth-order valence-electron chi connectivity index (χ4n) is 4.31. The predicted octanol–water partition coefficient (Wildman–Crippen LogP) is 4.42. The van der Waals surface area contributed by atoms with E-state index in [9.17, 15) is 18.8 Å². The third kappa shape index (κ3) is 5.55. The first-order chi connectivity index (χ1) is 19.3. The smallest absolute Gasteiger partial charge is 0.275 e. The van der Waals surface area contributed by atoms with Crippen LogP contribution >= 0.6 is 0 Å². The molecule has 0 aliphatic heterocycles. The highest BCUT2D eigenvalue weighted by Crippen LogP contribution is 2.24. The number of nitrogens with zero attached hydrogens (tertiary/aromatic N) is 3. The number of rotatable bonds is 8. The molecule has 0 aliphatic carbocycles. The second kappa shape index (κ2) is 11.4. The molecular weight excluding hydrogens is 509 g/mol. The molecular formula is C31H26FN5O3. The monoisotopic (exact) mass is 535 g/mol. The molecule has 5 rings (SSSR count). The minimum absolute atomic E-state index is 0.0732. The van der Waals surface area contributed by atoms with Crippen LogP contribution < -0.4 is 16.2 Å². The van der Waals surface area contributed by atoms with E-state index in [0.29, 0.717) is 27.9 Å². The number of ketones is 1. The number of hydrogen-bond donors (Lipinski definition) is 2. The van der Waals surface area contributed by atoms with Gasteiger partial charge in [-0.25, -0.2) is 4.39 Å². The van der Waals surface area contributed by atoms with Crippen LogP contribution in [0.1, 0.15) is 28.4 Å². The third-order valence-electron chi connectivity index (χ3n) is 6.65. The van der Waals surface area contributed by atoms with Gasteiger partial charge in [0.1, 0.15) is 11.5 Å². The number of nitrogens with one attached hydrogen (secondary N) is 2. The quantitative estimate of drug-likeness (QED) is 0.285. The zero-order valence-electron chi connectivity index (χ0n) is 21.9. The topological polar surface area (TPSA) is 106 Å². The molecule has 1 amide bonds. The summed E-state index contributed by atoms with van der Waals surface area (Å²) < 4.78 is 14.9.